The molecule has 1 unspecified atom stereocenters. The Hall–Kier alpha value is -4.11. The number of methoxy groups -OCH3 is 1. The van der Waals surface area contributed by atoms with E-state index in [0.717, 1.165) is 11.0 Å². The van der Waals surface area contributed by atoms with Crippen LogP contribution in [0.2, 0.25) is 0 Å². The number of H-pyrrole nitrogens is 1. The van der Waals surface area contributed by atoms with Crippen molar-refractivity contribution in [3.63, 3.8) is 0 Å². The molecule has 9 nitrogen and oxygen atoms in total. The van der Waals surface area contributed by atoms with Gasteiger partial charge in [0.05, 0.1) is 17.6 Å². The highest BCUT2D eigenvalue weighted by atomic mass is 16.5. The first-order chi connectivity index (χ1) is 15.5. The highest BCUT2D eigenvalue weighted by molar-refractivity contribution is 6.08. The molecule has 0 aliphatic rings. The molecule has 1 atom stereocenters. The van der Waals surface area contributed by atoms with Crippen molar-refractivity contribution >= 4 is 22.7 Å². The Morgan fingerprint density at radius 2 is 1.81 bits per heavy atom. The lowest BCUT2D eigenvalue weighted by atomic mass is 10.1. The van der Waals surface area contributed by atoms with Crippen molar-refractivity contribution < 1.29 is 19.1 Å². The number of fused-ring (bicyclic) bond motifs is 1. The summed E-state index contributed by atoms with van der Waals surface area (Å²) in [7, 11) is 1.56. The molecule has 32 heavy (non-hydrogen) atoms. The maximum atomic E-state index is 12.8. The minimum atomic E-state index is -0.422. The fourth-order valence-corrected chi connectivity index (χ4v) is 3.12. The third kappa shape index (κ3) is 4.62. The van der Waals surface area contributed by atoms with Gasteiger partial charge in [0.2, 0.25) is 5.78 Å². The molecule has 0 spiro atoms. The van der Waals surface area contributed by atoms with Crippen LogP contribution in [-0.4, -0.2) is 51.4 Å². The normalized spacial score (nSPS) is 11.8. The Kier molecular flexibility index (Phi) is 6.18. The number of nitrogens with one attached hydrogen (secondary N) is 2. The van der Waals surface area contributed by atoms with E-state index < -0.39 is 5.91 Å². The van der Waals surface area contributed by atoms with Gasteiger partial charge in [-0.3, -0.25) is 9.59 Å². The van der Waals surface area contributed by atoms with Gasteiger partial charge in [-0.2, -0.15) is 0 Å². The molecule has 2 aromatic heterocycles. The number of imidazole rings is 1. The molecule has 0 saturated carbocycles. The molecule has 0 radical (unpaired) electrons. The second-order valence-electron chi connectivity index (χ2n) is 7.10. The van der Waals surface area contributed by atoms with Gasteiger partial charge in [0.25, 0.3) is 11.8 Å². The first kappa shape index (κ1) is 21.1. The standard InChI is InChI=1S/C23H21N5O4/c1-14(13-31-2)26-22(30)19-23(25-12-11-24-19)32-16-9-7-15(8-10-16)20(29)21-27-17-5-3-4-6-18(17)28-21/h3-12,14H,13H2,1-2H3,(H,26,30)(H,27,28). The number of ether oxygens (including phenoxy) is 2. The number of benzene rings is 2. The van der Waals surface area contributed by atoms with Gasteiger partial charge in [0.15, 0.2) is 11.5 Å². The van der Waals surface area contributed by atoms with E-state index in [9.17, 15) is 9.59 Å². The molecule has 0 aliphatic carbocycles. The monoisotopic (exact) mass is 431 g/mol. The lowest BCUT2D eigenvalue weighted by molar-refractivity contribution is 0.0897. The van der Waals surface area contributed by atoms with Gasteiger partial charge >= 0.3 is 0 Å². The van der Waals surface area contributed by atoms with E-state index in [2.05, 4.69) is 25.3 Å². The van der Waals surface area contributed by atoms with Gasteiger partial charge in [0, 0.05) is 31.1 Å². The fourth-order valence-electron chi connectivity index (χ4n) is 3.12. The lowest BCUT2D eigenvalue weighted by Gasteiger charge is -2.14. The van der Waals surface area contributed by atoms with Crippen molar-refractivity contribution in [2.24, 2.45) is 0 Å². The molecule has 162 valence electrons. The molecule has 9 heteroatoms. The quantitative estimate of drug-likeness (QED) is 0.411. The molecule has 2 aromatic carbocycles. The maximum absolute atomic E-state index is 12.8. The number of carbonyl (C=O) groups excluding carboxylic acids is 2. The summed E-state index contributed by atoms with van der Waals surface area (Å²) in [6.07, 6.45) is 2.85. The van der Waals surface area contributed by atoms with E-state index in [-0.39, 0.29) is 29.2 Å². The predicted octanol–water partition coefficient (Wildman–Crippen LogP) is 3.14. The van der Waals surface area contributed by atoms with Crippen LogP contribution in [0.1, 0.15) is 33.6 Å². The summed E-state index contributed by atoms with van der Waals surface area (Å²) in [5.74, 6) is 0.0725. The first-order valence-electron chi connectivity index (χ1n) is 9.93. The van der Waals surface area contributed by atoms with Crippen LogP contribution in [-0.2, 0) is 4.74 Å². The number of rotatable bonds is 8. The number of hydrogen-bond acceptors (Lipinski definition) is 7. The summed E-state index contributed by atoms with van der Waals surface area (Å²) in [6.45, 7) is 2.18. The number of para-hydroxylation sites is 2. The van der Waals surface area contributed by atoms with Gasteiger partial charge in [0.1, 0.15) is 5.75 Å². The molecule has 0 fully saturated rings. The molecule has 0 aliphatic heterocycles. The number of carbonyl (C=O) groups is 2. The Morgan fingerprint density at radius 1 is 1.06 bits per heavy atom. The van der Waals surface area contributed by atoms with Crippen molar-refractivity contribution in [2.75, 3.05) is 13.7 Å². The average Bonchev–Trinajstić information content (AvgIpc) is 3.24. The van der Waals surface area contributed by atoms with Crippen molar-refractivity contribution in [3.8, 4) is 11.6 Å². The van der Waals surface area contributed by atoms with E-state index in [0.29, 0.717) is 17.9 Å². The second-order valence-corrected chi connectivity index (χ2v) is 7.10. The van der Waals surface area contributed by atoms with Gasteiger partial charge in [-0.15, -0.1) is 0 Å². The summed E-state index contributed by atoms with van der Waals surface area (Å²) in [5.41, 5.74) is 2.02. The molecule has 0 saturated heterocycles. The van der Waals surface area contributed by atoms with Crippen LogP contribution in [0.15, 0.2) is 60.9 Å². The Balaban J connectivity index is 1.49. The summed E-state index contributed by atoms with van der Waals surface area (Å²) >= 11 is 0. The largest absolute Gasteiger partial charge is 0.437 e. The molecular formula is C23H21N5O4. The third-order valence-corrected chi connectivity index (χ3v) is 4.61. The number of ketones is 1. The predicted molar refractivity (Wildman–Crippen MR) is 117 cm³/mol. The number of hydrogen-bond donors (Lipinski definition) is 2. The van der Waals surface area contributed by atoms with Crippen molar-refractivity contribution in [2.45, 2.75) is 13.0 Å². The zero-order chi connectivity index (χ0) is 22.5. The zero-order valence-corrected chi connectivity index (χ0v) is 17.5. The molecule has 2 heterocycles. The van der Waals surface area contributed by atoms with E-state index in [1.54, 1.807) is 31.4 Å². The molecule has 0 bridgehead atoms. The summed E-state index contributed by atoms with van der Waals surface area (Å²) in [4.78, 5) is 40.9. The smallest absolute Gasteiger partial charge is 0.275 e. The highest BCUT2D eigenvalue weighted by Gasteiger charge is 2.19. The van der Waals surface area contributed by atoms with Gasteiger partial charge < -0.3 is 19.8 Å². The van der Waals surface area contributed by atoms with Crippen molar-refractivity contribution in [3.05, 3.63) is 78.0 Å². The molecule has 4 rings (SSSR count). The van der Waals surface area contributed by atoms with Crippen LogP contribution in [0.5, 0.6) is 11.6 Å². The van der Waals surface area contributed by atoms with E-state index >= 15 is 0 Å². The van der Waals surface area contributed by atoms with E-state index in [1.165, 1.54) is 12.4 Å². The first-order valence-corrected chi connectivity index (χ1v) is 9.93. The maximum Gasteiger partial charge on any atom is 0.275 e. The number of amides is 1. The summed E-state index contributed by atoms with van der Waals surface area (Å²) in [6, 6.07) is 13.7. The summed E-state index contributed by atoms with van der Waals surface area (Å²) in [5, 5.41) is 2.77. The van der Waals surface area contributed by atoms with Crippen LogP contribution < -0.4 is 10.1 Å². The molecule has 2 N–H and O–H groups in total. The minimum absolute atomic E-state index is 0.0536. The SMILES string of the molecule is COCC(C)NC(=O)c1nccnc1Oc1ccc(C(=O)c2nc3ccccc3[nH]2)cc1. The van der Waals surface area contributed by atoms with Gasteiger partial charge in [-0.05, 0) is 43.3 Å². The minimum Gasteiger partial charge on any atom is -0.437 e. The number of nitrogens with zero attached hydrogens (tertiary/aromatic N) is 3. The fraction of sp³-hybridized carbons (Fsp3) is 0.174. The van der Waals surface area contributed by atoms with E-state index in [1.807, 2.05) is 31.2 Å². The summed E-state index contributed by atoms with van der Waals surface area (Å²) < 4.78 is 10.8. The zero-order valence-electron chi connectivity index (χ0n) is 17.5. The van der Waals surface area contributed by atoms with E-state index in [4.69, 9.17) is 9.47 Å². The van der Waals surface area contributed by atoms with Crippen LogP contribution in [0, 0.1) is 0 Å². The lowest BCUT2D eigenvalue weighted by Crippen LogP contribution is -2.36. The number of aromatic nitrogens is 4. The Bertz CT molecular complexity index is 1220. The molecule has 4 aromatic rings. The van der Waals surface area contributed by atoms with Crippen molar-refractivity contribution in [1.82, 2.24) is 25.3 Å². The Morgan fingerprint density at radius 3 is 2.56 bits per heavy atom. The average molecular weight is 431 g/mol. The van der Waals surface area contributed by atoms with Crippen LogP contribution in [0.3, 0.4) is 0 Å². The molecule has 1 amide bonds. The topological polar surface area (TPSA) is 119 Å². The third-order valence-electron chi connectivity index (χ3n) is 4.61. The Labute approximate surface area is 183 Å². The van der Waals surface area contributed by atoms with Gasteiger partial charge in [-0.25, -0.2) is 15.0 Å². The van der Waals surface area contributed by atoms with Crippen LogP contribution >= 0.6 is 0 Å². The highest BCUT2D eigenvalue weighted by Crippen LogP contribution is 2.23. The van der Waals surface area contributed by atoms with Crippen molar-refractivity contribution in [1.29, 1.82) is 0 Å². The van der Waals surface area contributed by atoms with Crippen LogP contribution in [0.25, 0.3) is 11.0 Å². The van der Waals surface area contributed by atoms with Gasteiger partial charge in [-0.1, -0.05) is 12.1 Å². The van der Waals surface area contributed by atoms with Crippen LogP contribution in [0.4, 0.5) is 0 Å². The number of aromatic amines is 1. The molecular weight excluding hydrogens is 410 g/mol. The second kappa shape index (κ2) is 9.36.